The van der Waals surface area contributed by atoms with Crippen molar-refractivity contribution >= 4 is 0 Å². The molecule has 16 heavy (non-hydrogen) atoms. The first-order valence-electron chi connectivity index (χ1n) is 4.97. The normalized spacial score (nSPS) is 13.1. The summed E-state index contributed by atoms with van der Waals surface area (Å²) in [5.74, 6) is -0.418. The Kier molecular flexibility index (Phi) is 4.20. The van der Waals surface area contributed by atoms with E-state index < -0.39 is 23.8 Å². The van der Waals surface area contributed by atoms with Crippen LogP contribution < -0.4 is 5.73 Å². The topological polar surface area (TPSA) is 66.5 Å². The van der Waals surface area contributed by atoms with Gasteiger partial charge in [-0.3, -0.25) is 0 Å². The molecule has 1 rings (SSSR count). The lowest BCUT2D eigenvalue weighted by atomic mass is 9.99. The summed E-state index contributed by atoms with van der Waals surface area (Å²) < 4.78 is 25.1. The summed E-state index contributed by atoms with van der Waals surface area (Å²) in [6.07, 6.45) is -3.34. The monoisotopic (exact) mass is 231 g/mol. The average Bonchev–Trinajstić information content (AvgIpc) is 2.21. The van der Waals surface area contributed by atoms with Crippen LogP contribution in [-0.2, 0) is 0 Å². The van der Waals surface area contributed by atoms with Crippen LogP contribution in [0, 0.1) is 6.92 Å². The van der Waals surface area contributed by atoms with Crippen LogP contribution in [0.1, 0.15) is 35.6 Å². The van der Waals surface area contributed by atoms with Crippen LogP contribution >= 0.6 is 0 Å². The number of rotatable bonds is 4. The minimum atomic E-state index is -2.76. The SMILES string of the molecule is Cc1cc(C(O)CCN)cc(C(F)F)c1O. The Morgan fingerprint density at radius 1 is 1.38 bits per heavy atom. The summed E-state index contributed by atoms with van der Waals surface area (Å²) in [5, 5.41) is 19.1. The average molecular weight is 231 g/mol. The summed E-state index contributed by atoms with van der Waals surface area (Å²) in [4.78, 5) is 0. The zero-order valence-electron chi connectivity index (χ0n) is 8.95. The molecule has 0 spiro atoms. The number of aryl methyl sites for hydroxylation is 1. The molecular formula is C11H15F2NO2. The third kappa shape index (κ3) is 2.68. The molecule has 0 fully saturated rings. The van der Waals surface area contributed by atoms with Gasteiger partial charge in [-0.2, -0.15) is 0 Å². The molecule has 1 unspecified atom stereocenters. The third-order valence-corrected chi connectivity index (χ3v) is 2.41. The highest BCUT2D eigenvalue weighted by atomic mass is 19.3. The number of hydrogen-bond donors (Lipinski definition) is 3. The van der Waals surface area contributed by atoms with Crippen LogP contribution in [0.2, 0.25) is 0 Å². The fraction of sp³-hybridized carbons (Fsp3) is 0.455. The number of alkyl halides is 2. The van der Waals surface area contributed by atoms with Crippen LogP contribution in [0.5, 0.6) is 5.75 Å². The van der Waals surface area contributed by atoms with Crippen molar-refractivity contribution in [3.8, 4) is 5.75 Å². The molecule has 0 aliphatic carbocycles. The summed E-state index contributed by atoms with van der Waals surface area (Å²) in [6, 6.07) is 2.61. The van der Waals surface area contributed by atoms with Gasteiger partial charge in [0, 0.05) is 0 Å². The van der Waals surface area contributed by atoms with E-state index in [-0.39, 0.29) is 6.54 Å². The Morgan fingerprint density at radius 3 is 2.50 bits per heavy atom. The van der Waals surface area contributed by atoms with Gasteiger partial charge in [-0.1, -0.05) is 0 Å². The van der Waals surface area contributed by atoms with E-state index in [4.69, 9.17) is 5.73 Å². The first-order chi connectivity index (χ1) is 7.47. The van der Waals surface area contributed by atoms with Gasteiger partial charge in [0.05, 0.1) is 11.7 Å². The van der Waals surface area contributed by atoms with Crippen molar-refractivity contribution in [2.45, 2.75) is 25.9 Å². The molecule has 3 nitrogen and oxygen atoms in total. The third-order valence-electron chi connectivity index (χ3n) is 2.41. The number of aliphatic hydroxyl groups is 1. The lowest BCUT2D eigenvalue weighted by Crippen LogP contribution is -2.07. The maximum atomic E-state index is 12.6. The number of aliphatic hydroxyl groups excluding tert-OH is 1. The van der Waals surface area contributed by atoms with E-state index in [1.165, 1.54) is 13.0 Å². The van der Waals surface area contributed by atoms with E-state index in [1.807, 2.05) is 0 Å². The van der Waals surface area contributed by atoms with Crippen LogP contribution in [0.4, 0.5) is 8.78 Å². The Morgan fingerprint density at radius 2 is 2.00 bits per heavy atom. The van der Waals surface area contributed by atoms with Gasteiger partial charge in [0.15, 0.2) is 0 Å². The number of nitrogens with two attached hydrogens (primary N) is 1. The molecule has 0 heterocycles. The van der Waals surface area contributed by atoms with E-state index in [0.29, 0.717) is 17.5 Å². The Bertz CT molecular complexity index is 369. The predicted molar refractivity (Wildman–Crippen MR) is 56.4 cm³/mol. The molecule has 1 atom stereocenters. The number of phenolic OH excluding ortho intramolecular Hbond substituents is 1. The zero-order valence-corrected chi connectivity index (χ0v) is 8.95. The van der Waals surface area contributed by atoms with Crippen LogP contribution in [0.15, 0.2) is 12.1 Å². The number of aromatic hydroxyl groups is 1. The van der Waals surface area contributed by atoms with Gasteiger partial charge in [0.25, 0.3) is 6.43 Å². The van der Waals surface area contributed by atoms with Gasteiger partial charge >= 0.3 is 0 Å². The molecule has 0 bridgehead atoms. The zero-order chi connectivity index (χ0) is 12.3. The van der Waals surface area contributed by atoms with Crippen LogP contribution in [-0.4, -0.2) is 16.8 Å². The highest BCUT2D eigenvalue weighted by molar-refractivity contribution is 5.44. The molecule has 0 aliphatic heterocycles. The quantitative estimate of drug-likeness (QED) is 0.742. The van der Waals surface area contributed by atoms with Gasteiger partial charge in [-0.15, -0.1) is 0 Å². The molecule has 5 heteroatoms. The number of hydrogen-bond acceptors (Lipinski definition) is 3. The number of phenols is 1. The van der Waals surface area contributed by atoms with Gasteiger partial charge in [0.2, 0.25) is 0 Å². The molecular weight excluding hydrogens is 216 g/mol. The second-order valence-electron chi connectivity index (χ2n) is 3.67. The first-order valence-corrected chi connectivity index (χ1v) is 4.97. The summed E-state index contributed by atoms with van der Waals surface area (Å²) >= 11 is 0. The molecule has 0 amide bonds. The fourth-order valence-electron chi connectivity index (χ4n) is 1.52. The van der Waals surface area contributed by atoms with Gasteiger partial charge < -0.3 is 15.9 Å². The maximum Gasteiger partial charge on any atom is 0.267 e. The fourth-order valence-corrected chi connectivity index (χ4v) is 1.52. The summed E-state index contributed by atoms with van der Waals surface area (Å²) in [5.41, 5.74) is 5.50. The van der Waals surface area contributed by atoms with Gasteiger partial charge in [-0.25, -0.2) is 8.78 Å². The highest BCUT2D eigenvalue weighted by Crippen LogP contribution is 2.34. The number of halogens is 2. The Labute approximate surface area is 92.5 Å². The minimum absolute atomic E-state index is 0.269. The molecule has 1 aromatic carbocycles. The van der Waals surface area contributed by atoms with E-state index in [0.717, 1.165) is 6.07 Å². The van der Waals surface area contributed by atoms with Crippen molar-refractivity contribution in [1.29, 1.82) is 0 Å². The van der Waals surface area contributed by atoms with Crippen molar-refractivity contribution < 1.29 is 19.0 Å². The summed E-state index contributed by atoms with van der Waals surface area (Å²) in [7, 11) is 0. The number of benzene rings is 1. The maximum absolute atomic E-state index is 12.6. The standard InChI is InChI=1S/C11H15F2NO2/c1-6-4-7(9(15)2-3-14)5-8(10(6)16)11(12)13/h4-5,9,11,15-16H,2-3,14H2,1H3. The van der Waals surface area contributed by atoms with E-state index >= 15 is 0 Å². The van der Waals surface area contributed by atoms with Gasteiger partial charge in [-0.05, 0) is 43.1 Å². The van der Waals surface area contributed by atoms with Crippen molar-refractivity contribution in [1.82, 2.24) is 0 Å². The van der Waals surface area contributed by atoms with Gasteiger partial charge in [0.1, 0.15) is 5.75 Å². The van der Waals surface area contributed by atoms with Crippen LogP contribution in [0.25, 0.3) is 0 Å². The lowest BCUT2D eigenvalue weighted by molar-refractivity contribution is 0.145. The Balaban J connectivity index is 3.13. The largest absolute Gasteiger partial charge is 0.507 e. The van der Waals surface area contributed by atoms with Crippen LogP contribution in [0.3, 0.4) is 0 Å². The molecule has 4 N–H and O–H groups in total. The molecule has 0 saturated carbocycles. The summed E-state index contributed by atoms with van der Waals surface area (Å²) in [6.45, 7) is 1.78. The van der Waals surface area contributed by atoms with E-state index in [9.17, 15) is 19.0 Å². The molecule has 90 valence electrons. The molecule has 0 aliphatic rings. The second kappa shape index (κ2) is 5.23. The molecule has 0 saturated heterocycles. The predicted octanol–water partition coefficient (Wildman–Crippen LogP) is 2.02. The smallest absolute Gasteiger partial charge is 0.267 e. The van der Waals surface area contributed by atoms with Crippen molar-refractivity contribution in [2.24, 2.45) is 5.73 Å². The second-order valence-corrected chi connectivity index (χ2v) is 3.67. The first kappa shape index (κ1) is 12.9. The lowest BCUT2D eigenvalue weighted by Gasteiger charge is -2.14. The van der Waals surface area contributed by atoms with Crippen molar-refractivity contribution in [3.05, 3.63) is 28.8 Å². The minimum Gasteiger partial charge on any atom is -0.507 e. The van der Waals surface area contributed by atoms with E-state index in [2.05, 4.69) is 0 Å². The molecule has 0 aromatic heterocycles. The van der Waals surface area contributed by atoms with Crippen molar-refractivity contribution in [2.75, 3.05) is 6.54 Å². The van der Waals surface area contributed by atoms with E-state index in [1.54, 1.807) is 0 Å². The molecule has 0 radical (unpaired) electrons. The molecule has 1 aromatic rings. The Hall–Kier alpha value is -1.20. The van der Waals surface area contributed by atoms with Crippen molar-refractivity contribution in [3.63, 3.8) is 0 Å². The highest BCUT2D eigenvalue weighted by Gasteiger charge is 2.18.